The van der Waals surface area contributed by atoms with Crippen molar-refractivity contribution < 1.29 is 27.8 Å². The number of carbonyl (C=O) groups excluding carboxylic acids is 1. The van der Waals surface area contributed by atoms with Crippen LogP contribution >= 0.6 is 0 Å². The Morgan fingerprint density at radius 1 is 1.33 bits per heavy atom. The van der Waals surface area contributed by atoms with Gasteiger partial charge >= 0.3 is 12.2 Å². The largest absolute Gasteiger partial charge is 0.411 e. The van der Waals surface area contributed by atoms with Gasteiger partial charge in [0.25, 0.3) is 0 Å². The number of hydrogen-bond donors (Lipinski definition) is 2. The molecule has 0 bridgehead atoms. The van der Waals surface area contributed by atoms with Crippen LogP contribution in [0.3, 0.4) is 0 Å². The number of methoxy groups -OCH3 is 1. The van der Waals surface area contributed by atoms with Crippen molar-refractivity contribution in [3.63, 3.8) is 0 Å². The van der Waals surface area contributed by atoms with Crippen molar-refractivity contribution in [2.75, 3.05) is 26.8 Å². The number of urea groups is 1. The highest BCUT2D eigenvalue weighted by atomic mass is 19.4. The van der Waals surface area contributed by atoms with Gasteiger partial charge in [-0.25, -0.2) is 4.79 Å². The molecule has 1 aliphatic heterocycles. The quantitative estimate of drug-likeness (QED) is 0.857. The Balaban J connectivity index is 2.08. The smallest absolute Gasteiger partial charge is 0.393 e. The van der Waals surface area contributed by atoms with Gasteiger partial charge < -0.3 is 20.1 Å². The molecule has 1 fully saturated rings. The van der Waals surface area contributed by atoms with Gasteiger partial charge in [0.1, 0.15) is 11.1 Å². The summed E-state index contributed by atoms with van der Waals surface area (Å²) in [7, 11) is 1.39. The van der Waals surface area contributed by atoms with Crippen molar-refractivity contribution in [2.24, 2.45) is 0 Å². The molecule has 0 saturated carbocycles. The van der Waals surface area contributed by atoms with E-state index in [0.717, 1.165) is 6.92 Å². The molecular weight excluding hydrogens is 325 g/mol. The Bertz CT molecular complexity index is 568. The lowest BCUT2D eigenvalue weighted by Crippen LogP contribution is -2.70. The highest BCUT2D eigenvalue weighted by Gasteiger charge is 2.54. The van der Waals surface area contributed by atoms with E-state index in [9.17, 15) is 23.1 Å². The molecule has 2 N–H and O–H groups in total. The first-order valence-corrected chi connectivity index (χ1v) is 7.48. The van der Waals surface area contributed by atoms with Crippen LogP contribution in [-0.4, -0.2) is 60.2 Å². The van der Waals surface area contributed by atoms with Crippen LogP contribution in [0.1, 0.15) is 12.5 Å². The maximum atomic E-state index is 13.5. The number of nitrogens with zero attached hydrogens (tertiary/aromatic N) is 1. The number of benzene rings is 1. The van der Waals surface area contributed by atoms with Crippen molar-refractivity contribution in [3.8, 4) is 0 Å². The number of aliphatic hydroxyl groups is 1. The van der Waals surface area contributed by atoms with Gasteiger partial charge in [-0.15, -0.1) is 0 Å². The van der Waals surface area contributed by atoms with E-state index in [-0.39, 0.29) is 26.1 Å². The number of likely N-dealkylation sites (tertiary alicyclic amines) is 1. The zero-order valence-corrected chi connectivity index (χ0v) is 13.6. The van der Waals surface area contributed by atoms with Crippen LogP contribution in [0, 0.1) is 0 Å². The Labute approximate surface area is 138 Å². The molecule has 1 atom stereocenters. The molecule has 1 aromatic rings. The SMILES string of the molecule is COC1(CO)CN(C(=O)NC(C)(Cc2ccccc2)C(F)(F)F)C1. The van der Waals surface area contributed by atoms with Crippen LogP contribution in [0.4, 0.5) is 18.0 Å². The molecule has 1 aliphatic rings. The molecule has 1 unspecified atom stereocenters. The van der Waals surface area contributed by atoms with Crippen molar-refractivity contribution in [1.29, 1.82) is 0 Å². The van der Waals surface area contributed by atoms with Gasteiger partial charge in [-0.05, 0) is 12.5 Å². The Morgan fingerprint density at radius 3 is 2.38 bits per heavy atom. The summed E-state index contributed by atoms with van der Waals surface area (Å²) in [6.45, 7) is 0.761. The number of aliphatic hydroxyl groups excluding tert-OH is 1. The predicted molar refractivity (Wildman–Crippen MR) is 81.5 cm³/mol. The van der Waals surface area contributed by atoms with Gasteiger partial charge in [0.05, 0.1) is 19.7 Å². The van der Waals surface area contributed by atoms with Crippen LogP contribution in [0.2, 0.25) is 0 Å². The van der Waals surface area contributed by atoms with Gasteiger partial charge in [-0.2, -0.15) is 13.2 Å². The van der Waals surface area contributed by atoms with Crippen molar-refractivity contribution in [1.82, 2.24) is 10.2 Å². The van der Waals surface area contributed by atoms with E-state index in [0.29, 0.717) is 5.56 Å². The molecular formula is C16H21F3N2O3. The molecule has 1 saturated heterocycles. The third-order valence-corrected chi connectivity index (χ3v) is 4.38. The molecule has 134 valence electrons. The van der Waals surface area contributed by atoms with Crippen LogP contribution in [0.25, 0.3) is 0 Å². The molecule has 0 aliphatic carbocycles. The number of ether oxygens (including phenoxy) is 1. The van der Waals surface area contributed by atoms with E-state index in [4.69, 9.17) is 4.74 Å². The molecule has 0 radical (unpaired) electrons. The number of amides is 2. The Kier molecular flexibility index (Phi) is 5.10. The molecule has 8 heteroatoms. The fourth-order valence-corrected chi connectivity index (χ4v) is 2.62. The van der Waals surface area contributed by atoms with E-state index >= 15 is 0 Å². The molecule has 1 heterocycles. The maximum Gasteiger partial charge on any atom is 0.411 e. The highest BCUT2D eigenvalue weighted by molar-refractivity contribution is 5.76. The lowest BCUT2D eigenvalue weighted by atomic mass is 9.91. The van der Waals surface area contributed by atoms with Gasteiger partial charge in [-0.1, -0.05) is 30.3 Å². The lowest BCUT2D eigenvalue weighted by molar-refractivity contribution is -0.190. The van der Waals surface area contributed by atoms with Crippen molar-refractivity contribution >= 4 is 6.03 Å². The standard InChI is InChI=1S/C16H21F3N2O3/c1-14(16(17,18)19,8-12-6-4-3-5-7-12)20-13(23)21-9-15(10-21,11-22)24-2/h3-7,22H,8-11H2,1-2H3,(H,20,23). The summed E-state index contributed by atoms with van der Waals surface area (Å²) in [4.78, 5) is 13.4. The van der Waals surface area contributed by atoms with Gasteiger partial charge in [0, 0.05) is 13.5 Å². The minimum Gasteiger partial charge on any atom is -0.393 e. The van der Waals surface area contributed by atoms with Gasteiger partial charge in [-0.3, -0.25) is 0 Å². The third kappa shape index (κ3) is 3.64. The van der Waals surface area contributed by atoms with E-state index in [2.05, 4.69) is 5.32 Å². The molecule has 2 amide bonds. The summed E-state index contributed by atoms with van der Waals surface area (Å²) < 4.78 is 45.7. The first-order valence-electron chi connectivity index (χ1n) is 7.48. The van der Waals surface area contributed by atoms with E-state index in [1.165, 1.54) is 12.0 Å². The number of rotatable bonds is 5. The van der Waals surface area contributed by atoms with Gasteiger partial charge in [0.2, 0.25) is 0 Å². The summed E-state index contributed by atoms with van der Waals surface area (Å²) in [6, 6.07) is 7.36. The average molecular weight is 346 g/mol. The Hall–Kier alpha value is -1.80. The van der Waals surface area contributed by atoms with Crippen LogP contribution in [0.5, 0.6) is 0 Å². The van der Waals surface area contributed by atoms with Gasteiger partial charge in [0.15, 0.2) is 0 Å². The third-order valence-electron chi connectivity index (χ3n) is 4.38. The monoisotopic (exact) mass is 346 g/mol. The molecule has 2 rings (SSSR count). The zero-order chi connectivity index (χ0) is 18.0. The number of alkyl halides is 3. The Morgan fingerprint density at radius 2 is 1.92 bits per heavy atom. The summed E-state index contributed by atoms with van der Waals surface area (Å²) in [6.07, 6.45) is -4.98. The second kappa shape index (κ2) is 6.60. The summed E-state index contributed by atoms with van der Waals surface area (Å²) in [5.41, 5.74) is -2.80. The topological polar surface area (TPSA) is 61.8 Å². The van der Waals surface area contributed by atoms with Crippen LogP contribution < -0.4 is 5.32 Å². The van der Waals surface area contributed by atoms with E-state index < -0.39 is 23.3 Å². The fraction of sp³-hybridized carbons (Fsp3) is 0.562. The molecule has 5 nitrogen and oxygen atoms in total. The number of halogens is 3. The van der Waals surface area contributed by atoms with Crippen LogP contribution in [-0.2, 0) is 11.2 Å². The molecule has 0 aromatic heterocycles. The highest BCUT2D eigenvalue weighted by Crippen LogP contribution is 2.34. The average Bonchev–Trinajstić information content (AvgIpc) is 2.47. The number of nitrogens with one attached hydrogen (secondary N) is 1. The first-order chi connectivity index (χ1) is 11.1. The van der Waals surface area contributed by atoms with E-state index in [1.54, 1.807) is 30.3 Å². The lowest BCUT2D eigenvalue weighted by Gasteiger charge is -2.48. The fourth-order valence-electron chi connectivity index (χ4n) is 2.62. The summed E-state index contributed by atoms with van der Waals surface area (Å²) in [5.74, 6) is 0. The molecule has 24 heavy (non-hydrogen) atoms. The maximum absolute atomic E-state index is 13.5. The van der Waals surface area contributed by atoms with Crippen molar-refractivity contribution in [2.45, 2.75) is 30.7 Å². The van der Waals surface area contributed by atoms with E-state index in [1.807, 2.05) is 0 Å². The zero-order valence-electron chi connectivity index (χ0n) is 13.6. The number of carbonyl (C=O) groups is 1. The first kappa shape index (κ1) is 18.5. The second-order valence-electron chi connectivity index (χ2n) is 6.32. The second-order valence-corrected chi connectivity index (χ2v) is 6.32. The minimum absolute atomic E-state index is 0.0467. The van der Waals surface area contributed by atoms with Crippen molar-refractivity contribution in [3.05, 3.63) is 35.9 Å². The normalized spacial score (nSPS) is 19.3. The number of hydrogen-bond acceptors (Lipinski definition) is 3. The minimum atomic E-state index is -4.61. The predicted octanol–water partition coefficient (Wildman–Crippen LogP) is 1.95. The molecule has 0 spiro atoms. The van der Waals surface area contributed by atoms with Crippen LogP contribution in [0.15, 0.2) is 30.3 Å². The summed E-state index contributed by atoms with van der Waals surface area (Å²) >= 11 is 0. The molecule has 1 aromatic carbocycles. The summed E-state index contributed by atoms with van der Waals surface area (Å²) in [5, 5.41) is 11.3.